The minimum Gasteiger partial charge on any atom is -0.449 e. The van der Waals surface area contributed by atoms with E-state index in [4.69, 9.17) is 28.1 Å². The Morgan fingerprint density at radius 1 is 1.14 bits per heavy atom. The maximum Gasteiger partial charge on any atom is 0.407 e. The fraction of sp³-hybridized carbons (Fsp3) is 0.846. The molecule has 1 aliphatic carbocycles. The second-order valence-corrected chi connectivity index (χ2v) is 12.1. The first-order chi connectivity index (χ1) is 16.3. The van der Waals surface area contributed by atoms with E-state index >= 15 is 0 Å². The first-order valence-corrected chi connectivity index (χ1v) is 13.6. The van der Waals surface area contributed by atoms with Crippen molar-refractivity contribution in [1.82, 2.24) is 15.5 Å². The van der Waals surface area contributed by atoms with Crippen LogP contribution < -0.4 is 16.4 Å². The van der Waals surface area contributed by atoms with E-state index in [1.165, 1.54) is 0 Å². The van der Waals surface area contributed by atoms with Gasteiger partial charge >= 0.3 is 6.09 Å². The Bertz CT molecular complexity index is 762. The van der Waals surface area contributed by atoms with Gasteiger partial charge in [0.15, 0.2) is 0 Å². The minimum absolute atomic E-state index is 0.00188. The summed E-state index contributed by atoms with van der Waals surface area (Å²) in [5, 5.41) is 13.8. The van der Waals surface area contributed by atoms with Gasteiger partial charge < -0.3 is 26.0 Å². The van der Waals surface area contributed by atoms with Crippen molar-refractivity contribution in [2.45, 2.75) is 92.2 Å². The predicted octanol–water partition coefficient (Wildman–Crippen LogP) is 4.07. The molecular weight excluding hydrogens is 462 g/mol. The van der Waals surface area contributed by atoms with Gasteiger partial charge in [-0.3, -0.25) is 10.2 Å². The predicted molar refractivity (Wildman–Crippen MR) is 144 cm³/mol. The summed E-state index contributed by atoms with van der Waals surface area (Å²) in [5.74, 6) is 1.38. The molecule has 2 atom stereocenters. The molecule has 5 N–H and O–H groups in total. The zero-order valence-electron chi connectivity index (χ0n) is 22.5. The highest BCUT2D eigenvalue weighted by atomic mass is 32.1. The van der Waals surface area contributed by atoms with E-state index in [9.17, 15) is 9.59 Å². The largest absolute Gasteiger partial charge is 0.449 e. The van der Waals surface area contributed by atoms with Crippen LogP contribution in [0.2, 0.25) is 0 Å². The number of hydrogen-bond donors (Lipinski definition) is 4. The van der Waals surface area contributed by atoms with Crippen LogP contribution in [0.3, 0.4) is 0 Å². The summed E-state index contributed by atoms with van der Waals surface area (Å²) in [6.07, 6.45) is 4.94. The van der Waals surface area contributed by atoms with E-state index < -0.39 is 12.1 Å². The Morgan fingerprint density at radius 2 is 1.77 bits per heavy atom. The van der Waals surface area contributed by atoms with Crippen LogP contribution in [0.5, 0.6) is 0 Å². The molecule has 8 nitrogen and oxygen atoms in total. The van der Waals surface area contributed by atoms with Gasteiger partial charge in [0.1, 0.15) is 11.0 Å². The summed E-state index contributed by atoms with van der Waals surface area (Å²) >= 11 is 5.94. The highest BCUT2D eigenvalue weighted by Gasteiger charge is 2.42. The van der Waals surface area contributed by atoms with Gasteiger partial charge in [-0.1, -0.05) is 53.8 Å². The Hall–Kier alpha value is -1.90. The number of alkyl carbamates (subject to hydrolysis) is 1. The lowest BCUT2D eigenvalue weighted by Gasteiger charge is -2.42. The number of ether oxygens (including phenoxy) is 1. The molecule has 2 rings (SSSR count). The van der Waals surface area contributed by atoms with Crippen molar-refractivity contribution in [3.8, 4) is 0 Å². The number of carbonyl (C=O) groups excluding carboxylic acids is 2. The molecular formula is C26H47N5O3S. The monoisotopic (exact) mass is 509 g/mol. The summed E-state index contributed by atoms with van der Waals surface area (Å²) in [4.78, 5) is 28.4. The number of nitrogens with one attached hydrogen (secondary N) is 3. The third-order valence-corrected chi connectivity index (χ3v) is 8.45. The average molecular weight is 510 g/mol. The quantitative estimate of drug-likeness (QED) is 0.200. The van der Waals surface area contributed by atoms with Crippen molar-refractivity contribution in [3.05, 3.63) is 0 Å². The molecule has 200 valence electrons. The van der Waals surface area contributed by atoms with Crippen LogP contribution in [0, 0.1) is 34.5 Å². The van der Waals surface area contributed by atoms with E-state index in [2.05, 4.69) is 38.3 Å². The molecule has 0 unspecified atom stereocenters. The molecule has 35 heavy (non-hydrogen) atoms. The van der Waals surface area contributed by atoms with Crippen LogP contribution in [0.4, 0.5) is 4.79 Å². The number of rotatable bonds is 10. The standard InChI is InChI=1S/C26H47N5O3S/c1-16(2)15-34-25(33)30-21(26(5,6)17(3)4)24(35)31-13-7-8-20(31)23(32)29-14-18-9-11-19(12-10-18)22(27)28/h16-21H,7-15H2,1-6H3,(H3,27,28)(H,29,32)(H,30,33)/t18?,19?,20-,21+/m0/s1. The Morgan fingerprint density at radius 3 is 2.31 bits per heavy atom. The molecule has 0 aromatic heterocycles. The lowest BCUT2D eigenvalue weighted by molar-refractivity contribution is -0.124. The molecule has 2 fully saturated rings. The number of thiocarbonyl (C=S) groups is 1. The molecule has 2 aliphatic rings. The van der Waals surface area contributed by atoms with Gasteiger partial charge in [-0.05, 0) is 61.7 Å². The summed E-state index contributed by atoms with van der Waals surface area (Å²) in [5.41, 5.74) is 5.33. The first kappa shape index (κ1) is 29.3. The molecule has 0 aromatic carbocycles. The van der Waals surface area contributed by atoms with Crippen LogP contribution >= 0.6 is 12.2 Å². The van der Waals surface area contributed by atoms with Gasteiger partial charge in [-0.2, -0.15) is 0 Å². The topological polar surface area (TPSA) is 121 Å². The molecule has 1 saturated carbocycles. The molecule has 1 saturated heterocycles. The highest BCUT2D eigenvalue weighted by Crippen LogP contribution is 2.34. The molecule has 0 radical (unpaired) electrons. The van der Waals surface area contributed by atoms with Crippen molar-refractivity contribution in [2.24, 2.45) is 34.8 Å². The maximum atomic E-state index is 13.2. The van der Waals surface area contributed by atoms with Crippen molar-refractivity contribution in [2.75, 3.05) is 19.7 Å². The van der Waals surface area contributed by atoms with Gasteiger partial charge in [-0.15, -0.1) is 0 Å². The van der Waals surface area contributed by atoms with Gasteiger partial charge in [0.25, 0.3) is 0 Å². The van der Waals surface area contributed by atoms with E-state index in [1.54, 1.807) is 0 Å². The van der Waals surface area contributed by atoms with Gasteiger partial charge in [0, 0.05) is 19.0 Å². The highest BCUT2D eigenvalue weighted by molar-refractivity contribution is 7.80. The van der Waals surface area contributed by atoms with E-state index in [-0.39, 0.29) is 41.0 Å². The fourth-order valence-corrected chi connectivity index (χ4v) is 5.39. The van der Waals surface area contributed by atoms with Crippen LogP contribution in [0.1, 0.15) is 80.1 Å². The normalized spacial score (nSPS) is 23.8. The molecule has 2 amide bonds. The summed E-state index contributed by atoms with van der Waals surface area (Å²) < 4.78 is 5.40. The third kappa shape index (κ3) is 8.05. The minimum atomic E-state index is -0.471. The van der Waals surface area contributed by atoms with Crippen LogP contribution in [0.15, 0.2) is 0 Å². The summed E-state index contributed by atoms with van der Waals surface area (Å²) in [7, 11) is 0. The van der Waals surface area contributed by atoms with E-state index in [0.29, 0.717) is 30.6 Å². The number of likely N-dealkylation sites (tertiary alicyclic amines) is 1. The zero-order chi connectivity index (χ0) is 26.3. The summed E-state index contributed by atoms with van der Waals surface area (Å²) in [6.45, 7) is 14.1. The molecule has 0 spiro atoms. The van der Waals surface area contributed by atoms with Crippen molar-refractivity contribution in [1.29, 1.82) is 5.41 Å². The van der Waals surface area contributed by atoms with Crippen molar-refractivity contribution < 1.29 is 14.3 Å². The maximum absolute atomic E-state index is 13.2. The lowest BCUT2D eigenvalue weighted by Crippen LogP contribution is -2.59. The van der Waals surface area contributed by atoms with E-state index in [1.807, 2.05) is 18.7 Å². The second-order valence-electron chi connectivity index (χ2n) is 11.7. The molecule has 1 aliphatic heterocycles. The fourth-order valence-electron chi connectivity index (χ4n) is 4.81. The van der Waals surface area contributed by atoms with Gasteiger partial charge in [0.2, 0.25) is 5.91 Å². The number of amidine groups is 1. The molecule has 9 heteroatoms. The van der Waals surface area contributed by atoms with Gasteiger partial charge in [0.05, 0.1) is 18.5 Å². The number of nitrogens with zero attached hydrogens (tertiary/aromatic N) is 1. The van der Waals surface area contributed by atoms with Crippen molar-refractivity contribution >= 4 is 35.0 Å². The number of carbonyl (C=O) groups is 2. The van der Waals surface area contributed by atoms with Crippen LogP contribution in [-0.4, -0.2) is 59.5 Å². The van der Waals surface area contributed by atoms with Crippen LogP contribution in [-0.2, 0) is 9.53 Å². The first-order valence-electron chi connectivity index (χ1n) is 13.2. The lowest BCUT2D eigenvalue weighted by atomic mass is 9.74. The Kier molecular flexibility index (Phi) is 10.8. The number of nitrogens with two attached hydrogens (primary N) is 1. The molecule has 0 bridgehead atoms. The second kappa shape index (κ2) is 12.9. The molecule has 0 aromatic rings. The zero-order valence-corrected chi connectivity index (χ0v) is 23.3. The van der Waals surface area contributed by atoms with Gasteiger partial charge in [-0.25, -0.2) is 4.79 Å². The Labute approximate surface area is 217 Å². The van der Waals surface area contributed by atoms with E-state index in [0.717, 1.165) is 38.5 Å². The summed E-state index contributed by atoms with van der Waals surface area (Å²) in [6, 6.07) is -0.748. The smallest absolute Gasteiger partial charge is 0.407 e. The SMILES string of the molecule is CC(C)COC(=O)N[C@H](C(=S)N1CCC[C@H]1C(=O)NCC1CCC(C(=N)N)CC1)C(C)(C)C(C)C. The van der Waals surface area contributed by atoms with Crippen LogP contribution in [0.25, 0.3) is 0 Å². The number of hydrogen-bond acceptors (Lipinski definition) is 5. The molecule has 1 heterocycles. The average Bonchev–Trinajstić information content (AvgIpc) is 3.29. The Balaban J connectivity index is 2.03. The van der Waals surface area contributed by atoms with Crippen molar-refractivity contribution in [3.63, 3.8) is 0 Å². The third-order valence-electron chi connectivity index (χ3n) is 7.98. The number of amides is 2.